The van der Waals surface area contributed by atoms with Crippen molar-refractivity contribution in [1.29, 1.82) is 0 Å². The van der Waals surface area contributed by atoms with Gasteiger partial charge in [-0.25, -0.2) is 0 Å². The molecule has 0 aliphatic carbocycles. The number of carbonyl (C=O) groups excluding carboxylic acids is 1. The minimum atomic E-state index is -0.0276. The van der Waals surface area contributed by atoms with Gasteiger partial charge in [0.2, 0.25) is 0 Å². The van der Waals surface area contributed by atoms with E-state index in [4.69, 9.17) is 16.3 Å². The molecule has 1 aliphatic rings. The number of hydrogen-bond acceptors (Lipinski definition) is 2. The van der Waals surface area contributed by atoms with E-state index in [1.165, 1.54) is 0 Å². The van der Waals surface area contributed by atoms with E-state index in [2.05, 4.69) is 0 Å². The number of hydrogen-bond donors (Lipinski definition) is 0. The van der Waals surface area contributed by atoms with E-state index < -0.39 is 0 Å². The maximum atomic E-state index is 11.9. The maximum absolute atomic E-state index is 11.9. The predicted molar refractivity (Wildman–Crippen MR) is 58.7 cm³/mol. The zero-order chi connectivity index (χ0) is 11.0. The molecule has 0 aromatic heterocycles. The number of carbonyl (C=O) groups is 1. The molecule has 1 aromatic carbocycles. The molecule has 0 saturated heterocycles. The second-order valence-corrected chi connectivity index (χ2v) is 3.97. The molecule has 0 spiro atoms. The van der Waals surface area contributed by atoms with E-state index >= 15 is 0 Å². The van der Waals surface area contributed by atoms with E-state index in [0.717, 1.165) is 18.5 Å². The summed E-state index contributed by atoms with van der Waals surface area (Å²) < 4.78 is 5.09. The lowest BCUT2D eigenvalue weighted by Crippen LogP contribution is -2.34. The van der Waals surface area contributed by atoms with E-state index in [9.17, 15) is 4.79 Å². The van der Waals surface area contributed by atoms with Crippen LogP contribution in [0.4, 0.5) is 0 Å². The first kappa shape index (κ1) is 10.3. The van der Waals surface area contributed by atoms with Crippen LogP contribution in [0, 0.1) is 0 Å². The first-order valence-electron chi connectivity index (χ1n) is 4.76. The SMILES string of the molecule is COc1ccc2c(c1Cl)C(=O)N(C)CC2. The molecule has 1 heterocycles. The smallest absolute Gasteiger partial charge is 0.255 e. The van der Waals surface area contributed by atoms with Gasteiger partial charge in [0.05, 0.1) is 17.7 Å². The van der Waals surface area contributed by atoms with E-state index in [1.54, 1.807) is 25.1 Å². The fraction of sp³-hybridized carbons (Fsp3) is 0.364. The topological polar surface area (TPSA) is 29.5 Å². The van der Waals surface area contributed by atoms with Crippen LogP contribution in [-0.2, 0) is 6.42 Å². The fourth-order valence-corrected chi connectivity index (χ4v) is 2.12. The number of methoxy groups -OCH3 is 1. The first-order chi connectivity index (χ1) is 7.15. The summed E-state index contributed by atoms with van der Waals surface area (Å²) in [5, 5.41) is 0.423. The highest BCUT2D eigenvalue weighted by molar-refractivity contribution is 6.35. The zero-order valence-corrected chi connectivity index (χ0v) is 9.47. The lowest BCUT2D eigenvalue weighted by molar-refractivity contribution is 0.0780. The molecule has 0 saturated carbocycles. The summed E-state index contributed by atoms with van der Waals surface area (Å²) in [4.78, 5) is 13.6. The number of fused-ring (bicyclic) bond motifs is 1. The molecule has 15 heavy (non-hydrogen) atoms. The van der Waals surface area contributed by atoms with Crippen molar-refractivity contribution in [2.45, 2.75) is 6.42 Å². The van der Waals surface area contributed by atoms with Crippen molar-refractivity contribution in [3.8, 4) is 5.75 Å². The Hall–Kier alpha value is -1.22. The summed E-state index contributed by atoms with van der Waals surface area (Å²) in [6.45, 7) is 0.745. The number of nitrogens with zero attached hydrogens (tertiary/aromatic N) is 1. The Labute approximate surface area is 93.6 Å². The van der Waals surface area contributed by atoms with Crippen LogP contribution < -0.4 is 4.74 Å². The van der Waals surface area contributed by atoms with Crippen molar-refractivity contribution in [2.24, 2.45) is 0 Å². The van der Waals surface area contributed by atoms with Gasteiger partial charge in [-0.1, -0.05) is 17.7 Å². The normalized spacial score (nSPS) is 15.1. The summed E-state index contributed by atoms with van der Waals surface area (Å²) >= 11 is 6.11. The number of benzene rings is 1. The monoisotopic (exact) mass is 225 g/mol. The van der Waals surface area contributed by atoms with Crippen LogP contribution >= 0.6 is 11.6 Å². The van der Waals surface area contributed by atoms with Crippen molar-refractivity contribution < 1.29 is 9.53 Å². The Kier molecular flexibility index (Phi) is 2.57. The molecule has 1 aliphatic heterocycles. The third-order valence-corrected chi connectivity index (χ3v) is 3.07. The summed E-state index contributed by atoms with van der Waals surface area (Å²) in [6.07, 6.45) is 0.848. The van der Waals surface area contributed by atoms with Crippen LogP contribution in [0.5, 0.6) is 5.75 Å². The zero-order valence-electron chi connectivity index (χ0n) is 8.71. The molecule has 0 bridgehead atoms. The van der Waals surface area contributed by atoms with Gasteiger partial charge in [-0.3, -0.25) is 4.79 Å². The third-order valence-electron chi connectivity index (χ3n) is 2.69. The first-order valence-corrected chi connectivity index (χ1v) is 5.13. The number of rotatable bonds is 1. The maximum Gasteiger partial charge on any atom is 0.255 e. The van der Waals surface area contributed by atoms with Gasteiger partial charge in [0.1, 0.15) is 5.75 Å². The molecule has 4 heteroatoms. The summed E-state index contributed by atoms with van der Waals surface area (Å²) in [5.41, 5.74) is 1.59. The van der Waals surface area contributed by atoms with Crippen LogP contribution in [0.25, 0.3) is 0 Å². The number of ether oxygens (including phenoxy) is 1. The van der Waals surface area contributed by atoms with Crippen molar-refractivity contribution in [2.75, 3.05) is 20.7 Å². The molecule has 1 aromatic rings. The molecule has 0 unspecified atom stereocenters. The lowest BCUT2D eigenvalue weighted by Gasteiger charge is -2.26. The van der Waals surface area contributed by atoms with Crippen LogP contribution in [0.3, 0.4) is 0 Å². The molecule has 0 radical (unpaired) electrons. The standard InChI is InChI=1S/C11H12ClNO2/c1-13-6-5-7-3-4-8(15-2)10(12)9(7)11(13)14/h3-4H,5-6H2,1-2H3. The van der Waals surface area contributed by atoms with Crippen molar-refractivity contribution >= 4 is 17.5 Å². The average Bonchev–Trinajstić information content (AvgIpc) is 2.24. The van der Waals surface area contributed by atoms with Gasteiger partial charge in [-0.15, -0.1) is 0 Å². The number of amides is 1. The van der Waals surface area contributed by atoms with Gasteiger partial charge in [0.25, 0.3) is 5.91 Å². The Balaban J connectivity index is 2.58. The van der Waals surface area contributed by atoms with E-state index in [0.29, 0.717) is 16.3 Å². The Morgan fingerprint density at radius 1 is 1.47 bits per heavy atom. The highest BCUT2D eigenvalue weighted by Gasteiger charge is 2.25. The summed E-state index contributed by atoms with van der Waals surface area (Å²) in [6, 6.07) is 3.71. The van der Waals surface area contributed by atoms with Gasteiger partial charge in [0, 0.05) is 13.6 Å². The van der Waals surface area contributed by atoms with Crippen molar-refractivity contribution in [3.63, 3.8) is 0 Å². The molecular formula is C11H12ClNO2. The van der Waals surface area contributed by atoms with Crippen molar-refractivity contribution in [1.82, 2.24) is 4.90 Å². The largest absolute Gasteiger partial charge is 0.495 e. The summed E-state index contributed by atoms with van der Waals surface area (Å²) in [5.74, 6) is 0.527. The van der Waals surface area contributed by atoms with Crippen LogP contribution in [0.2, 0.25) is 5.02 Å². The summed E-state index contributed by atoms with van der Waals surface area (Å²) in [7, 11) is 3.33. The highest BCUT2D eigenvalue weighted by Crippen LogP contribution is 2.33. The molecular weight excluding hydrogens is 214 g/mol. The molecule has 80 valence electrons. The van der Waals surface area contributed by atoms with Crippen LogP contribution in [0.15, 0.2) is 12.1 Å². The Bertz CT molecular complexity index is 417. The minimum Gasteiger partial charge on any atom is -0.495 e. The molecule has 1 amide bonds. The van der Waals surface area contributed by atoms with Crippen LogP contribution in [-0.4, -0.2) is 31.5 Å². The second kappa shape index (κ2) is 3.74. The average molecular weight is 226 g/mol. The Morgan fingerprint density at radius 3 is 2.87 bits per heavy atom. The molecule has 2 rings (SSSR count). The van der Waals surface area contributed by atoms with Gasteiger partial charge in [-0.05, 0) is 18.1 Å². The molecule has 0 fully saturated rings. The number of halogens is 1. The van der Waals surface area contributed by atoms with Gasteiger partial charge in [-0.2, -0.15) is 0 Å². The van der Waals surface area contributed by atoms with Gasteiger partial charge in [0.15, 0.2) is 0 Å². The molecule has 0 atom stereocenters. The predicted octanol–water partition coefficient (Wildman–Crippen LogP) is 1.98. The second-order valence-electron chi connectivity index (χ2n) is 3.59. The van der Waals surface area contributed by atoms with E-state index in [1.807, 2.05) is 6.07 Å². The van der Waals surface area contributed by atoms with Gasteiger partial charge >= 0.3 is 0 Å². The quantitative estimate of drug-likeness (QED) is 0.732. The van der Waals surface area contributed by atoms with Gasteiger partial charge < -0.3 is 9.64 Å². The highest BCUT2D eigenvalue weighted by atomic mass is 35.5. The molecule has 0 N–H and O–H groups in total. The third kappa shape index (κ3) is 1.57. The van der Waals surface area contributed by atoms with Crippen molar-refractivity contribution in [3.05, 3.63) is 28.3 Å². The molecule has 3 nitrogen and oxygen atoms in total. The minimum absolute atomic E-state index is 0.0276. The lowest BCUT2D eigenvalue weighted by atomic mass is 9.99. The van der Waals surface area contributed by atoms with E-state index in [-0.39, 0.29) is 5.91 Å². The van der Waals surface area contributed by atoms with Crippen LogP contribution in [0.1, 0.15) is 15.9 Å². The Morgan fingerprint density at radius 2 is 2.20 bits per heavy atom. The fourth-order valence-electron chi connectivity index (χ4n) is 1.77. The number of likely N-dealkylation sites (N-methyl/N-ethyl adjacent to an activating group) is 1.